The van der Waals surface area contributed by atoms with Gasteiger partial charge < -0.3 is 10.1 Å². The maximum atomic E-state index is 13.1. The Bertz CT molecular complexity index is 1040. The monoisotopic (exact) mass is 435 g/mol. The van der Waals surface area contributed by atoms with E-state index in [1.807, 2.05) is 6.92 Å². The van der Waals surface area contributed by atoms with Crippen LogP contribution in [-0.2, 0) is 14.8 Å². The summed E-state index contributed by atoms with van der Waals surface area (Å²) in [7, 11) is -3.93. The molecule has 2 rings (SSSR count). The summed E-state index contributed by atoms with van der Waals surface area (Å²) >= 11 is 0. The Hall–Kier alpha value is -3.14. The lowest BCUT2D eigenvalue weighted by Gasteiger charge is -2.31. The Kier molecular flexibility index (Phi) is 7.38. The molecule has 0 saturated carbocycles. The predicted octanol–water partition coefficient (Wildman–Crippen LogP) is 3.49. The lowest BCUT2D eigenvalue weighted by atomic mass is 10.1. The molecule has 0 fully saturated rings. The van der Waals surface area contributed by atoms with E-state index in [4.69, 9.17) is 4.74 Å². The second-order valence-electron chi connectivity index (χ2n) is 6.63. The van der Waals surface area contributed by atoms with Crippen LogP contribution in [0.25, 0.3) is 0 Å². The standard InChI is InChI=1S/C20H25N3O6S/c1-5-17(20(24)21-16-9-7-8-10-19(16)29-6-2)22(30(4,27)28)18-13-15(23(25)26)12-11-14(18)3/h7-13,17H,5-6H2,1-4H3,(H,21,24)/t17-/m1/s1. The Labute approximate surface area is 175 Å². The van der Waals surface area contributed by atoms with Crippen molar-refractivity contribution in [1.29, 1.82) is 0 Å². The number of benzene rings is 2. The van der Waals surface area contributed by atoms with Gasteiger partial charge in [0.25, 0.3) is 5.69 Å². The average molecular weight is 436 g/mol. The molecule has 1 atom stereocenters. The van der Waals surface area contributed by atoms with Crippen LogP contribution in [0.4, 0.5) is 17.1 Å². The van der Waals surface area contributed by atoms with Crippen LogP contribution in [0.15, 0.2) is 42.5 Å². The largest absolute Gasteiger partial charge is 0.492 e. The number of ether oxygens (including phenoxy) is 1. The van der Waals surface area contributed by atoms with Crippen molar-refractivity contribution in [3.05, 3.63) is 58.1 Å². The summed E-state index contributed by atoms with van der Waals surface area (Å²) in [6, 6.07) is 9.62. The summed E-state index contributed by atoms with van der Waals surface area (Å²) < 4.78 is 31.7. The molecular formula is C20H25N3O6S. The van der Waals surface area contributed by atoms with Crippen LogP contribution in [0.5, 0.6) is 5.75 Å². The zero-order valence-electron chi connectivity index (χ0n) is 17.3. The Balaban J connectivity index is 2.50. The number of anilines is 2. The van der Waals surface area contributed by atoms with E-state index in [0.29, 0.717) is 23.6 Å². The van der Waals surface area contributed by atoms with Crippen LogP contribution in [0.2, 0.25) is 0 Å². The van der Waals surface area contributed by atoms with Gasteiger partial charge in [0.2, 0.25) is 15.9 Å². The molecule has 0 unspecified atom stereocenters. The summed E-state index contributed by atoms with van der Waals surface area (Å²) in [6.07, 6.45) is 1.12. The number of non-ortho nitro benzene ring substituents is 1. The number of amides is 1. The van der Waals surface area contributed by atoms with E-state index in [0.717, 1.165) is 10.6 Å². The second-order valence-corrected chi connectivity index (χ2v) is 8.49. The number of hydrogen-bond donors (Lipinski definition) is 1. The number of nitro benzene ring substituents is 1. The van der Waals surface area contributed by atoms with E-state index in [-0.39, 0.29) is 17.8 Å². The van der Waals surface area contributed by atoms with Crippen LogP contribution >= 0.6 is 0 Å². The molecule has 1 amide bonds. The predicted molar refractivity (Wildman–Crippen MR) is 115 cm³/mol. The highest BCUT2D eigenvalue weighted by atomic mass is 32.2. The van der Waals surface area contributed by atoms with E-state index in [9.17, 15) is 23.3 Å². The quantitative estimate of drug-likeness (QED) is 0.476. The molecule has 1 N–H and O–H groups in total. The van der Waals surface area contributed by atoms with E-state index < -0.39 is 26.9 Å². The third-order valence-electron chi connectivity index (χ3n) is 4.42. The normalized spacial score (nSPS) is 12.1. The van der Waals surface area contributed by atoms with Crippen molar-refractivity contribution in [2.45, 2.75) is 33.2 Å². The van der Waals surface area contributed by atoms with Crippen molar-refractivity contribution < 1.29 is 22.9 Å². The molecule has 30 heavy (non-hydrogen) atoms. The number of carbonyl (C=O) groups excluding carboxylic acids is 1. The first-order valence-electron chi connectivity index (χ1n) is 9.37. The van der Waals surface area contributed by atoms with Gasteiger partial charge in [-0.3, -0.25) is 19.2 Å². The second kappa shape index (κ2) is 9.57. The summed E-state index contributed by atoms with van der Waals surface area (Å²) in [5.41, 5.74) is 0.729. The van der Waals surface area contributed by atoms with Gasteiger partial charge in [-0.05, 0) is 38.0 Å². The highest BCUT2D eigenvalue weighted by Crippen LogP contribution is 2.31. The van der Waals surface area contributed by atoms with E-state index >= 15 is 0 Å². The van der Waals surface area contributed by atoms with Crippen molar-refractivity contribution in [2.24, 2.45) is 0 Å². The number of nitro groups is 1. The molecule has 0 heterocycles. The fraction of sp³-hybridized carbons (Fsp3) is 0.350. The van der Waals surface area contributed by atoms with Crippen molar-refractivity contribution >= 4 is 33.0 Å². The fourth-order valence-corrected chi connectivity index (χ4v) is 4.31. The minimum Gasteiger partial charge on any atom is -0.492 e. The highest BCUT2D eigenvalue weighted by molar-refractivity contribution is 7.92. The van der Waals surface area contributed by atoms with Gasteiger partial charge in [-0.1, -0.05) is 25.1 Å². The highest BCUT2D eigenvalue weighted by Gasteiger charge is 2.33. The van der Waals surface area contributed by atoms with Gasteiger partial charge in [-0.2, -0.15) is 0 Å². The molecule has 9 nitrogen and oxygen atoms in total. The van der Waals surface area contributed by atoms with Gasteiger partial charge in [0.05, 0.1) is 29.2 Å². The number of aryl methyl sites for hydroxylation is 1. The lowest BCUT2D eigenvalue weighted by Crippen LogP contribution is -2.47. The van der Waals surface area contributed by atoms with Gasteiger partial charge in [0.1, 0.15) is 11.8 Å². The van der Waals surface area contributed by atoms with Crippen molar-refractivity contribution in [3.8, 4) is 5.75 Å². The van der Waals surface area contributed by atoms with Gasteiger partial charge in [-0.15, -0.1) is 0 Å². The summed E-state index contributed by atoms with van der Waals surface area (Å²) in [5.74, 6) is -0.110. The van der Waals surface area contributed by atoms with E-state index in [2.05, 4.69) is 5.32 Å². The summed E-state index contributed by atoms with van der Waals surface area (Å²) in [4.78, 5) is 23.7. The van der Waals surface area contributed by atoms with Crippen LogP contribution in [0.3, 0.4) is 0 Å². The van der Waals surface area contributed by atoms with Gasteiger partial charge in [-0.25, -0.2) is 8.42 Å². The van der Waals surface area contributed by atoms with Gasteiger partial charge in [0.15, 0.2) is 0 Å². The molecule has 0 saturated heterocycles. The third kappa shape index (κ3) is 5.26. The topological polar surface area (TPSA) is 119 Å². The number of para-hydroxylation sites is 2. The maximum Gasteiger partial charge on any atom is 0.271 e. The zero-order chi connectivity index (χ0) is 22.5. The minimum absolute atomic E-state index is 0.0896. The maximum absolute atomic E-state index is 13.1. The van der Waals surface area contributed by atoms with Gasteiger partial charge >= 0.3 is 0 Å². The van der Waals surface area contributed by atoms with E-state index in [1.54, 1.807) is 38.1 Å². The molecule has 0 bridgehead atoms. The molecule has 2 aromatic rings. The first-order chi connectivity index (χ1) is 14.1. The number of nitrogens with one attached hydrogen (secondary N) is 1. The van der Waals surface area contributed by atoms with Crippen molar-refractivity contribution in [2.75, 3.05) is 22.5 Å². The first-order valence-corrected chi connectivity index (χ1v) is 11.2. The molecule has 0 aliphatic carbocycles. The Morgan fingerprint density at radius 3 is 2.47 bits per heavy atom. The van der Waals surface area contributed by atoms with Crippen molar-refractivity contribution in [3.63, 3.8) is 0 Å². The molecule has 0 aliphatic heterocycles. The third-order valence-corrected chi connectivity index (χ3v) is 5.58. The average Bonchev–Trinajstić information content (AvgIpc) is 2.67. The van der Waals surface area contributed by atoms with Crippen LogP contribution in [-0.4, -0.2) is 38.2 Å². The fourth-order valence-electron chi connectivity index (χ4n) is 3.05. The number of rotatable bonds is 9. The lowest BCUT2D eigenvalue weighted by molar-refractivity contribution is -0.384. The molecule has 10 heteroatoms. The Morgan fingerprint density at radius 1 is 1.23 bits per heavy atom. The number of carbonyl (C=O) groups is 1. The molecule has 0 aromatic heterocycles. The van der Waals surface area contributed by atoms with Crippen LogP contribution in [0.1, 0.15) is 25.8 Å². The molecular weight excluding hydrogens is 410 g/mol. The number of nitrogens with zero attached hydrogens (tertiary/aromatic N) is 2. The smallest absolute Gasteiger partial charge is 0.271 e. The SMILES string of the molecule is CCOc1ccccc1NC(=O)[C@@H](CC)N(c1cc([N+](=O)[O-])ccc1C)S(C)(=O)=O. The summed E-state index contributed by atoms with van der Waals surface area (Å²) in [5, 5.41) is 13.9. The number of sulfonamides is 1. The van der Waals surface area contributed by atoms with E-state index in [1.165, 1.54) is 18.2 Å². The molecule has 2 aromatic carbocycles. The van der Waals surface area contributed by atoms with Crippen LogP contribution in [0, 0.1) is 17.0 Å². The molecule has 0 spiro atoms. The molecule has 0 radical (unpaired) electrons. The Morgan fingerprint density at radius 2 is 1.90 bits per heavy atom. The first kappa shape index (κ1) is 23.1. The zero-order valence-corrected chi connectivity index (χ0v) is 18.1. The van der Waals surface area contributed by atoms with Crippen molar-refractivity contribution in [1.82, 2.24) is 0 Å². The molecule has 0 aliphatic rings. The summed E-state index contributed by atoms with van der Waals surface area (Å²) in [6.45, 7) is 5.51. The minimum atomic E-state index is -3.93. The van der Waals surface area contributed by atoms with Gasteiger partial charge in [0, 0.05) is 12.1 Å². The number of hydrogen-bond acceptors (Lipinski definition) is 6. The van der Waals surface area contributed by atoms with Crippen LogP contribution < -0.4 is 14.4 Å². The molecule has 162 valence electrons.